The number of piperazine rings is 1. The number of benzene rings is 2. The van der Waals surface area contributed by atoms with E-state index >= 15 is 0 Å². The molecule has 13 heteroatoms. The first-order valence-corrected chi connectivity index (χ1v) is 16.8. The third kappa shape index (κ3) is 8.53. The first-order chi connectivity index (χ1) is 22.9. The fourth-order valence-corrected chi connectivity index (χ4v) is 6.12. The van der Waals surface area contributed by atoms with Gasteiger partial charge in [-0.1, -0.05) is 6.92 Å². The second-order valence-electron chi connectivity index (χ2n) is 12.4. The third-order valence-corrected chi connectivity index (χ3v) is 8.90. The summed E-state index contributed by atoms with van der Waals surface area (Å²) >= 11 is 0. The van der Waals surface area contributed by atoms with E-state index in [1.165, 1.54) is 0 Å². The number of aromatic nitrogens is 3. The number of hydrogen-bond donors (Lipinski definition) is 2. The van der Waals surface area contributed by atoms with Gasteiger partial charge in [0.2, 0.25) is 11.9 Å². The number of carbonyl (C=O) groups is 2. The van der Waals surface area contributed by atoms with E-state index in [-0.39, 0.29) is 11.9 Å². The Hall–Kier alpha value is -4.33. The highest BCUT2D eigenvalue weighted by Crippen LogP contribution is 2.25. The van der Waals surface area contributed by atoms with Gasteiger partial charge >= 0.3 is 6.03 Å². The summed E-state index contributed by atoms with van der Waals surface area (Å²) in [5, 5.41) is 5.74. The van der Waals surface area contributed by atoms with E-state index in [9.17, 15) is 9.59 Å². The molecule has 3 amide bonds. The second-order valence-corrected chi connectivity index (χ2v) is 12.4. The molecule has 0 radical (unpaired) electrons. The maximum Gasteiger partial charge on any atom is 0.323 e. The average Bonchev–Trinajstić information content (AvgIpc) is 3.35. The molecular weight excluding hydrogens is 596 g/mol. The minimum Gasteiger partial charge on any atom is -0.378 e. The van der Waals surface area contributed by atoms with Crippen LogP contribution in [0.25, 0.3) is 11.4 Å². The molecule has 3 aromatic rings. The molecule has 0 aliphatic carbocycles. The Bertz CT molecular complexity index is 1490. The lowest BCUT2D eigenvalue weighted by atomic mass is 10.1. The highest BCUT2D eigenvalue weighted by atomic mass is 16.5. The predicted molar refractivity (Wildman–Crippen MR) is 184 cm³/mol. The molecule has 0 saturated carbocycles. The number of nitrogens with one attached hydrogen (secondary N) is 2. The molecule has 47 heavy (non-hydrogen) atoms. The lowest BCUT2D eigenvalue weighted by molar-refractivity contribution is 0.0664. The van der Waals surface area contributed by atoms with Crippen molar-refractivity contribution >= 4 is 35.2 Å². The first-order valence-electron chi connectivity index (χ1n) is 16.8. The van der Waals surface area contributed by atoms with Crippen LogP contribution >= 0.6 is 0 Å². The Labute approximate surface area is 276 Å². The maximum atomic E-state index is 12.8. The highest BCUT2D eigenvalue weighted by molar-refractivity contribution is 6.00. The largest absolute Gasteiger partial charge is 0.378 e. The monoisotopic (exact) mass is 642 g/mol. The van der Waals surface area contributed by atoms with Crippen LogP contribution in [0.4, 0.5) is 28.1 Å². The summed E-state index contributed by atoms with van der Waals surface area (Å²) in [6.07, 6.45) is 2.21. The van der Waals surface area contributed by atoms with Crippen molar-refractivity contribution in [3.63, 3.8) is 0 Å². The van der Waals surface area contributed by atoms with Gasteiger partial charge in [0.1, 0.15) is 0 Å². The van der Waals surface area contributed by atoms with Crippen molar-refractivity contribution in [1.82, 2.24) is 29.7 Å². The molecular formula is C34H46N10O3. The van der Waals surface area contributed by atoms with Gasteiger partial charge in [0.25, 0.3) is 5.91 Å². The molecule has 0 spiro atoms. The SMILES string of the molecule is CCCN1CCCN(c2nc(-c3ccc(NC(=O)Nc4ccc(C(=O)N5CCN(C)CC5)cc4)cc3)nc(N3CCOCC3)n2)CC1. The number of rotatable bonds is 8. The number of anilines is 4. The van der Waals surface area contributed by atoms with Gasteiger partial charge in [-0.05, 0) is 81.5 Å². The standard InChI is InChI=1S/C34H46N10O3/c1-3-13-41-14-4-15-43(21-18-41)32-37-30(38-33(39-32)44-22-24-47-25-23-44)26-5-9-28(10-6-26)35-34(46)36-29-11-7-27(8-12-29)31(45)42-19-16-40(2)17-20-42/h5-12H,3-4,13-25H2,1-2H3,(H2,35,36,46). The Morgan fingerprint density at radius 3 is 1.98 bits per heavy atom. The molecule has 6 rings (SSSR count). The normalized spacial score (nSPS) is 18.1. The molecule has 0 bridgehead atoms. The lowest BCUT2D eigenvalue weighted by Gasteiger charge is -2.32. The van der Waals surface area contributed by atoms with Crippen LogP contribution in [0, 0.1) is 0 Å². The van der Waals surface area contributed by atoms with Crippen LogP contribution in [0.5, 0.6) is 0 Å². The third-order valence-electron chi connectivity index (χ3n) is 8.90. The van der Waals surface area contributed by atoms with Gasteiger partial charge in [-0.15, -0.1) is 0 Å². The van der Waals surface area contributed by atoms with Crippen LogP contribution in [-0.4, -0.2) is 134 Å². The lowest BCUT2D eigenvalue weighted by Crippen LogP contribution is -2.47. The van der Waals surface area contributed by atoms with Crippen LogP contribution in [-0.2, 0) is 4.74 Å². The number of likely N-dealkylation sites (N-methyl/N-ethyl adjacent to an activating group) is 1. The topological polar surface area (TPSA) is 122 Å². The molecule has 2 aromatic carbocycles. The van der Waals surface area contributed by atoms with Crippen LogP contribution in [0.15, 0.2) is 48.5 Å². The van der Waals surface area contributed by atoms with Gasteiger partial charge in [0.05, 0.1) is 13.2 Å². The van der Waals surface area contributed by atoms with E-state index in [4.69, 9.17) is 19.7 Å². The number of nitrogens with zero attached hydrogens (tertiary/aromatic N) is 8. The fourth-order valence-electron chi connectivity index (χ4n) is 6.12. The van der Waals surface area contributed by atoms with Crippen LogP contribution < -0.4 is 20.4 Å². The average molecular weight is 643 g/mol. The van der Waals surface area contributed by atoms with Gasteiger partial charge < -0.3 is 39.9 Å². The number of carbonyl (C=O) groups excluding carboxylic acids is 2. The van der Waals surface area contributed by atoms with Crippen molar-refractivity contribution in [2.45, 2.75) is 19.8 Å². The van der Waals surface area contributed by atoms with Gasteiger partial charge in [-0.3, -0.25) is 4.79 Å². The molecule has 3 saturated heterocycles. The summed E-state index contributed by atoms with van der Waals surface area (Å²) in [6.45, 7) is 13.1. The molecule has 1 aromatic heterocycles. The summed E-state index contributed by atoms with van der Waals surface area (Å²) in [5.41, 5.74) is 2.70. The van der Waals surface area contributed by atoms with Crippen LogP contribution in [0.1, 0.15) is 30.1 Å². The van der Waals surface area contributed by atoms with E-state index < -0.39 is 0 Å². The number of urea groups is 1. The zero-order valence-corrected chi connectivity index (χ0v) is 27.5. The summed E-state index contributed by atoms with van der Waals surface area (Å²) in [5.74, 6) is 1.99. The van der Waals surface area contributed by atoms with Gasteiger partial charge in [0, 0.05) is 81.4 Å². The van der Waals surface area contributed by atoms with Gasteiger partial charge in [0.15, 0.2) is 5.82 Å². The minimum atomic E-state index is -0.369. The number of hydrogen-bond acceptors (Lipinski definition) is 10. The highest BCUT2D eigenvalue weighted by Gasteiger charge is 2.23. The first kappa shape index (κ1) is 32.6. The molecule has 3 aliphatic heterocycles. The van der Waals surface area contributed by atoms with Crippen molar-refractivity contribution in [2.24, 2.45) is 0 Å². The Kier molecular flexibility index (Phi) is 10.8. The predicted octanol–water partition coefficient (Wildman–Crippen LogP) is 3.33. The van der Waals surface area contributed by atoms with E-state index in [1.54, 1.807) is 24.3 Å². The van der Waals surface area contributed by atoms with E-state index in [2.05, 4.69) is 44.2 Å². The van der Waals surface area contributed by atoms with Crippen molar-refractivity contribution in [3.8, 4) is 11.4 Å². The van der Waals surface area contributed by atoms with Gasteiger partial charge in [-0.25, -0.2) is 4.79 Å². The molecule has 0 atom stereocenters. The zero-order chi connectivity index (χ0) is 32.6. The molecule has 3 fully saturated rings. The van der Waals surface area contributed by atoms with E-state index in [1.807, 2.05) is 29.2 Å². The van der Waals surface area contributed by atoms with Crippen molar-refractivity contribution in [2.75, 3.05) is 113 Å². The quantitative estimate of drug-likeness (QED) is 0.379. The summed E-state index contributed by atoms with van der Waals surface area (Å²) < 4.78 is 5.57. The number of morpholine rings is 1. The zero-order valence-electron chi connectivity index (χ0n) is 27.5. The van der Waals surface area contributed by atoms with Crippen LogP contribution in [0.2, 0.25) is 0 Å². The van der Waals surface area contributed by atoms with E-state index in [0.717, 1.165) is 90.4 Å². The number of amides is 3. The molecule has 0 unspecified atom stereocenters. The summed E-state index contributed by atoms with van der Waals surface area (Å²) in [6, 6.07) is 14.2. The molecule has 250 valence electrons. The van der Waals surface area contributed by atoms with Crippen molar-refractivity contribution in [3.05, 3.63) is 54.1 Å². The van der Waals surface area contributed by atoms with Gasteiger partial charge in [-0.2, -0.15) is 15.0 Å². The fraction of sp³-hybridized carbons (Fsp3) is 0.500. The van der Waals surface area contributed by atoms with Crippen molar-refractivity contribution < 1.29 is 14.3 Å². The maximum absolute atomic E-state index is 12.8. The Balaban J connectivity index is 1.11. The minimum absolute atomic E-state index is 0.0154. The molecule has 13 nitrogen and oxygen atoms in total. The summed E-state index contributed by atoms with van der Waals surface area (Å²) in [4.78, 5) is 51.4. The van der Waals surface area contributed by atoms with Crippen LogP contribution in [0.3, 0.4) is 0 Å². The Morgan fingerprint density at radius 1 is 0.723 bits per heavy atom. The molecule has 2 N–H and O–H groups in total. The van der Waals surface area contributed by atoms with Crippen molar-refractivity contribution in [1.29, 1.82) is 0 Å². The van der Waals surface area contributed by atoms with E-state index in [0.29, 0.717) is 47.9 Å². The molecule has 3 aliphatic rings. The molecule has 4 heterocycles. The number of ether oxygens (including phenoxy) is 1. The Morgan fingerprint density at radius 2 is 1.34 bits per heavy atom. The smallest absolute Gasteiger partial charge is 0.323 e. The second kappa shape index (κ2) is 15.5. The summed E-state index contributed by atoms with van der Waals surface area (Å²) in [7, 11) is 2.06.